The number of fused-ring (bicyclic) bond motifs is 1. The average Bonchev–Trinajstić information content (AvgIpc) is 2.73. The first-order valence-corrected chi connectivity index (χ1v) is 12.0. The third-order valence-electron chi connectivity index (χ3n) is 5.78. The van der Waals surface area contributed by atoms with Gasteiger partial charge in [-0.25, -0.2) is 8.42 Å². The van der Waals surface area contributed by atoms with Crippen molar-refractivity contribution in [3.63, 3.8) is 0 Å². The number of nitrogens with one attached hydrogen (secondary N) is 1. The molecular weight excluding hydrogens is 400 g/mol. The van der Waals surface area contributed by atoms with Crippen LogP contribution in [-0.4, -0.2) is 43.9 Å². The highest BCUT2D eigenvalue weighted by Gasteiger charge is 2.32. The SMILES string of the molecule is CC1CN(S(=O)(=O)c2ccc(C(=O)Nc3cccc4c3CCCC4)cc2)CC(C)O1. The molecule has 0 aromatic heterocycles. The molecule has 1 amide bonds. The zero-order valence-corrected chi connectivity index (χ0v) is 18.2. The van der Waals surface area contributed by atoms with Crippen molar-refractivity contribution in [2.75, 3.05) is 18.4 Å². The van der Waals surface area contributed by atoms with Crippen LogP contribution in [0.3, 0.4) is 0 Å². The number of rotatable bonds is 4. The number of ether oxygens (including phenoxy) is 1. The number of nitrogens with zero attached hydrogens (tertiary/aromatic N) is 1. The summed E-state index contributed by atoms with van der Waals surface area (Å²) in [6.45, 7) is 4.39. The molecule has 7 heteroatoms. The van der Waals surface area contributed by atoms with Gasteiger partial charge in [0.05, 0.1) is 17.1 Å². The van der Waals surface area contributed by atoms with Gasteiger partial charge >= 0.3 is 0 Å². The lowest BCUT2D eigenvalue weighted by Crippen LogP contribution is -2.48. The standard InChI is InChI=1S/C23H28N2O4S/c1-16-14-25(15-17(2)29-16)30(27,28)20-12-10-19(11-13-20)23(26)24-22-9-5-7-18-6-3-4-8-21(18)22/h5,7,9-13,16-17H,3-4,6,8,14-15H2,1-2H3,(H,24,26). The van der Waals surface area contributed by atoms with Gasteiger partial charge in [-0.3, -0.25) is 4.79 Å². The van der Waals surface area contributed by atoms with Crippen LogP contribution in [0.15, 0.2) is 47.4 Å². The third-order valence-corrected chi connectivity index (χ3v) is 7.63. The van der Waals surface area contributed by atoms with Gasteiger partial charge in [-0.2, -0.15) is 4.31 Å². The number of carbonyl (C=O) groups excluding carboxylic acids is 1. The second-order valence-corrected chi connectivity index (χ2v) is 10.1. The van der Waals surface area contributed by atoms with Gasteiger partial charge in [-0.15, -0.1) is 0 Å². The highest BCUT2D eigenvalue weighted by molar-refractivity contribution is 7.89. The van der Waals surface area contributed by atoms with Crippen molar-refractivity contribution in [1.82, 2.24) is 4.31 Å². The quantitative estimate of drug-likeness (QED) is 0.807. The maximum atomic E-state index is 13.0. The molecule has 2 unspecified atom stereocenters. The highest BCUT2D eigenvalue weighted by Crippen LogP contribution is 2.28. The summed E-state index contributed by atoms with van der Waals surface area (Å²) in [5, 5.41) is 3.00. The molecule has 0 radical (unpaired) electrons. The van der Waals surface area contributed by atoms with E-state index < -0.39 is 10.0 Å². The average molecular weight is 429 g/mol. The Balaban J connectivity index is 1.50. The van der Waals surface area contributed by atoms with E-state index in [2.05, 4.69) is 11.4 Å². The monoisotopic (exact) mass is 428 g/mol. The van der Waals surface area contributed by atoms with E-state index in [4.69, 9.17) is 4.74 Å². The molecule has 1 saturated heterocycles. The number of sulfonamides is 1. The van der Waals surface area contributed by atoms with E-state index in [1.807, 2.05) is 26.0 Å². The predicted molar refractivity (Wildman–Crippen MR) is 116 cm³/mol. The summed E-state index contributed by atoms with van der Waals surface area (Å²) in [5.74, 6) is -0.230. The lowest BCUT2D eigenvalue weighted by molar-refractivity contribution is -0.0440. The minimum atomic E-state index is -3.62. The Morgan fingerprint density at radius 3 is 2.37 bits per heavy atom. The highest BCUT2D eigenvalue weighted by atomic mass is 32.2. The Bertz CT molecular complexity index is 1020. The van der Waals surface area contributed by atoms with Crippen LogP contribution in [0.1, 0.15) is 48.2 Å². The largest absolute Gasteiger partial charge is 0.373 e. The topological polar surface area (TPSA) is 75.7 Å². The van der Waals surface area contributed by atoms with E-state index >= 15 is 0 Å². The molecule has 30 heavy (non-hydrogen) atoms. The Kier molecular flexibility index (Phi) is 5.95. The predicted octanol–water partition coefficient (Wildman–Crippen LogP) is 3.62. The number of amides is 1. The summed E-state index contributed by atoms with van der Waals surface area (Å²) < 4.78 is 33.1. The summed E-state index contributed by atoms with van der Waals surface area (Å²) in [7, 11) is -3.62. The van der Waals surface area contributed by atoms with E-state index in [1.54, 1.807) is 12.1 Å². The van der Waals surface area contributed by atoms with Gasteiger partial charge in [0.1, 0.15) is 0 Å². The van der Waals surface area contributed by atoms with Gasteiger partial charge in [0.25, 0.3) is 5.91 Å². The number of carbonyl (C=O) groups is 1. The summed E-state index contributed by atoms with van der Waals surface area (Å²) in [6, 6.07) is 12.2. The van der Waals surface area contributed by atoms with Crippen molar-refractivity contribution in [3.05, 3.63) is 59.2 Å². The van der Waals surface area contributed by atoms with Crippen LogP contribution < -0.4 is 5.32 Å². The molecular formula is C23H28N2O4S. The molecule has 2 aliphatic rings. The van der Waals surface area contributed by atoms with E-state index in [9.17, 15) is 13.2 Å². The van der Waals surface area contributed by atoms with Crippen molar-refractivity contribution >= 4 is 21.6 Å². The minimum absolute atomic E-state index is 0.148. The second-order valence-electron chi connectivity index (χ2n) is 8.21. The first-order valence-electron chi connectivity index (χ1n) is 10.5. The van der Waals surface area contributed by atoms with Gasteiger partial charge in [0.15, 0.2) is 0 Å². The van der Waals surface area contributed by atoms with Crippen LogP contribution in [0.25, 0.3) is 0 Å². The number of hydrogen-bond acceptors (Lipinski definition) is 4. The van der Waals surface area contributed by atoms with Crippen LogP contribution in [0, 0.1) is 0 Å². The Hall–Kier alpha value is -2.22. The summed E-state index contributed by atoms with van der Waals surface area (Å²) >= 11 is 0. The molecule has 1 aliphatic carbocycles. The molecule has 0 saturated carbocycles. The van der Waals surface area contributed by atoms with Crippen molar-refractivity contribution in [2.24, 2.45) is 0 Å². The fourth-order valence-corrected chi connectivity index (χ4v) is 5.94. The molecule has 0 spiro atoms. The second kappa shape index (κ2) is 8.49. The molecule has 1 heterocycles. The number of hydrogen-bond donors (Lipinski definition) is 1. The summed E-state index contributed by atoms with van der Waals surface area (Å²) in [4.78, 5) is 13.0. The van der Waals surface area contributed by atoms with Crippen molar-refractivity contribution < 1.29 is 17.9 Å². The molecule has 1 fully saturated rings. The maximum Gasteiger partial charge on any atom is 0.255 e. The fraction of sp³-hybridized carbons (Fsp3) is 0.435. The van der Waals surface area contributed by atoms with Crippen LogP contribution in [0.4, 0.5) is 5.69 Å². The third kappa shape index (κ3) is 4.29. The maximum absolute atomic E-state index is 13.0. The zero-order chi connectivity index (χ0) is 21.3. The first kappa shape index (κ1) is 21.0. The number of aryl methyl sites for hydroxylation is 1. The molecule has 1 aliphatic heterocycles. The molecule has 2 aromatic rings. The van der Waals surface area contributed by atoms with E-state index in [-0.39, 0.29) is 23.0 Å². The summed E-state index contributed by atoms with van der Waals surface area (Å²) in [6.07, 6.45) is 4.03. The Labute approximate surface area is 178 Å². The molecule has 6 nitrogen and oxygen atoms in total. The van der Waals surface area contributed by atoms with Gasteiger partial charge in [0.2, 0.25) is 10.0 Å². The van der Waals surface area contributed by atoms with E-state index in [1.165, 1.54) is 34.0 Å². The molecule has 1 N–H and O–H groups in total. The van der Waals surface area contributed by atoms with Gasteiger partial charge in [-0.1, -0.05) is 12.1 Å². The first-order chi connectivity index (χ1) is 14.3. The van der Waals surface area contributed by atoms with E-state index in [0.717, 1.165) is 24.9 Å². The number of anilines is 1. The smallest absolute Gasteiger partial charge is 0.255 e. The van der Waals surface area contributed by atoms with Crippen molar-refractivity contribution in [1.29, 1.82) is 0 Å². The lowest BCUT2D eigenvalue weighted by atomic mass is 9.90. The zero-order valence-electron chi connectivity index (χ0n) is 17.4. The minimum Gasteiger partial charge on any atom is -0.373 e. The van der Waals surface area contributed by atoms with Crippen LogP contribution in [-0.2, 0) is 27.6 Å². The Morgan fingerprint density at radius 1 is 1.00 bits per heavy atom. The molecule has 2 atom stereocenters. The van der Waals surface area contributed by atoms with Crippen LogP contribution >= 0.6 is 0 Å². The van der Waals surface area contributed by atoms with Gasteiger partial charge in [0, 0.05) is 24.3 Å². The van der Waals surface area contributed by atoms with Crippen molar-refractivity contribution in [2.45, 2.75) is 56.6 Å². The Morgan fingerprint density at radius 2 is 1.67 bits per heavy atom. The summed E-state index contributed by atoms with van der Waals surface area (Å²) in [5.41, 5.74) is 3.80. The molecule has 0 bridgehead atoms. The normalized spacial score (nSPS) is 22.3. The lowest BCUT2D eigenvalue weighted by Gasteiger charge is -2.34. The number of morpholine rings is 1. The molecule has 4 rings (SSSR count). The fourth-order valence-electron chi connectivity index (χ4n) is 4.35. The van der Waals surface area contributed by atoms with Crippen LogP contribution in [0.2, 0.25) is 0 Å². The van der Waals surface area contributed by atoms with Crippen LogP contribution in [0.5, 0.6) is 0 Å². The van der Waals surface area contributed by atoms with E-state index in [0.29, 0.717) is 18.7 Å². The molecule has 160 valence electrons. The van der Waals surface area contributed by atoms with Crippen molar-refractivity contribution in [3.8, 4) is 0 Å². The van der Waals surface area contributed by atoms with Gasteiger partial charge < -0.3 is 10.1 Å². The molecule has 2 aromatic carbocycles. The van der Waals surface area contributed by atoms with Gasteiger partial charge in [-0.05, 0) is 81.0 Å². The number of benzene rings is 2.